The van der Waals surface area contributed by atoms with Crippen molar-refractivity contribution in [3.63, 3.8) is 0 Å². The van der Waals surface area contributed by atoms with Crippen molar-refractivity contribution in [2.24, 2.45) is 0 Å². The third-order valence-corrected chi connectivity index (χ3v) is 4.90. The molecule has 0 saturated heterocycles. The second-order valence-corrected chi connectivity index (χ2v) is 6.23. The molecular formula is C21H17NO3. The fourth-order valence-corrected chi connectivity index (χ4v) is 3.71. The standard InChI is InChI=1S/C21H17NO3/c1-22-19-5-3-2-4-18(19)21(20(22)25,14-6-10-16(23)11-7-14)15-8-12-17(24)13-9-15/h2-13,23-24H,1H3. The number of hydrogen-bond acceptors (Lipinski definition) is 3. The zero-order valence-corrected chi connectivity index (χ0v) is 13.7. The molecule has 124 valence electrons. The predicted octanol–water partition coefficient (Wildman–Crippen LogP) is 3.41. The molecule has 0 radical (unpaired) electrons. The molecule has 1 heterocycles. The Hall–Kier alpha value is -3.27. The molecule has 0 aromatic heterocycles. The summed E-state index contributed by atoms with van der Waals surface area (Å²) in [5, 5.41) is 19.4. The molecule has 3 aromatic rings. The van der Waals surface area contributed by atoms with Crippen molar-refractivity contribution in [2.45, 2.75) is 5.41 Å². The summed E-state index contributed by atoms with van der Waals surface area (Å²) in [6, 6.07) is 21.2. The summed E-state index contributed by atoms with van der Waals surface area (Å²) in [6.45, 7) is 0. The summed E-state index contributed by atoms with van der Waals surface area (Å²) in [7, 11) is 1.77. The Morgan fingerprint density at radius 2 is 1.24 bits per heavy atom. The molecular weight excluding hydrogens is 314 g/mol. The Kier molecular flexibility index (Phi) is 3.29. The molecule has 0 aliphatic carbocycles. The first-order valence-electron chi connectivity index (χ1n) is 8.02. The van der Waals surface area contributed by atoms with Crippen LogP contribution >= 0.6 is 0 Å². The number of amides is 1. The number of rotatable bonds is 2. The van der Waals surface area contributed by atoms with Gasteiger partial charge < -0.3 is 15.1 Å². The number of anilines is 1. The van der Waals surface area contributed by atoms with Crippen LogP contribution in [0.1, 0.15) is 16.7 Å². The number of fused-ring (bicyclic) bond motifs is 1. The average molecular weight is 331 g/mol. The van der Waals surface area contributed by atoms with Gasteiger partial charge in [0, 0.05) is 18.3 Å². The Labute approximate surface area is 145 Å². The summed E-state index contributed by atoms with van der Waals surface area (Å²) < 4.78 is 0. The molecule has 0 saturated carbocycles. The number of phenols is 2. The Morgan fingerprint density at radius 1 is 0.760 bits per heavy atom. The van der Waals surface area contributed by atoms with Crippen LogP contribution in [0.5, 0.6) is 11.5 Å². The number of benzene rings is 3. The number of carbonyl (C=O) groups is 1. The topological polar surface area (TPSA) is 60.8 Å². The molecule has 4 nitrogen and oxygen atoms in total. The first kappa shape index (κ1) is 15.3. The van der Waals surface area contributed by atoms with Gasteiger partial charge in [-0.25, -0.2) is 0 Å². The lowest BCUT2D eigenvalue weighted by Gasteiger charge is -2.29. The van der Waals surface area contributed by atoms with Crippen molar-refractivity contribution in [1.29, 1.82) is 0 Å². The molecule has 2 N–H and O–H groups in total. The van der Waals surface area contributed by atoms with Gasteiger partial charge in [0.15, 0.2) is 0 Å². The van der Waals surface area contributed by atoms with E-state index in [9.17, 15) is 15.0 Å². The molecule has 25 heavy (non-hydrogen) atoms. The highest BCUT2D eigenvalue weighted by molar-refractivity contribution is 6.12. The average Bonchev–Trinajstić information content (AvgIpc) is 2.86. The number of aromatic hydroxyl groups is 2. The van der Waals surface area contributed by atoms with Crippen molar-refractivity contribution in [3.05, 3.63) is 89.5 Å². The van der Waals surface area contributed by atoms with E-state index in [0.717, 1.165) is 22.4 Å². The third kappa shape index (κ3) is 2.04. The monoisotopic (exact) mass is 331 g/mol. The molecule has 0 spiro atoms. The third-order valence-electron chi connectivity index (χ3n) is 4.90. The molecule has 0 atom stereocenters. The molecule has 1 aliphatic heterocycles. The van der Waals surface area contributed by atoms with E-state index in [-0.39, 0.29) is 17.4 Å². The van der Waals surface area contributed by atoms with Crippen LogP contribution in [0.25, 0.3) is 0 Å². The number of carbonyl (C=O) groups excluding carboxylic acids is 1. The summed E-state index contributed by atoms with van der Waals surface area (Å²) in [4.78, 5) is 15.1. The molecule has 4 heteroatoms. The minimum absolute atomic E-state index is 0.0647. The Balaban J connectivity index is 2.08. The normalized spacial score (nSPS) is 15.2. The molecule has 0 unspecified atom stereocenters. The van der Waals surface area contributed by atoms with Gasteiger partial charge >= 0.3 is 0 Å². The lowest BCUT2D eigenvalue weighted by Crippen LogP contribution is -2.40. The second kappa shape index (κ2) is 5.38. The summed E-state index contributed by atoms with van der Waals surface area (Å²) in [5.74, 6) is 0.235. The van der Waals surface area contributed by atoms with Crippen LogP contribution in [-0.2, 0) is 10.2 Å². The maximum absolute atomic E-state index is 13.5. The largest absolute Gasteiger partial charge is 0.508 e. The highest BCUT2D eigenvalue weighted by Gasteiger charge is 2.52. The first-order chi connectivity index (χ1) is 12.0. The van der Waals surface area contributed by atoms with Crippen molar-refractivity contribution in [2.75, 3.05) is 11.9 Å². The first-order valence-corrected chi connectivity index (χ1v) is 8.02. The zero-order chi connectivity index (χ0) is 17.6. The van der Waals surface area contributed by atoms with Crippen LogP contribution in [0.3, 0.4) is 0 Å². The fraction of sp³-hybridized carbons (Fsp3) is 0.0952. The fourth-order valence-electron chi connectivity index (χ4n) is 3.71. The second-order valence-electron chi connectivity index (χ2n) is 6.23. The van der Waals surface area contributed by atoms with E-state index < -0.39 is 5.41 Å². The number of likely N-dealkylation sites (N-methyl/N-ethyl adjacent to an activating group) is 1. The van der Waals surface area contributed by atoms with Gasteiger partial charge in [0.1, 0.15) is 16.9 Å². The summed E-state index contributed by atoms with van der Waals surface area (Å²) in [6.07, 6.45) is 0. The Morgan fingerprint density at radius 3 is 1.76 bits per heavy atom. The van der Waals surface area contributed by atoms with Gasteiger partial charge in [-0.2, -0.15) is 0 Å². The van der Waals surface area contributed by atoms with Crippen molar-refractivity contribution < 1.29 is 15.0 Å². The van der Waals surface area contributed by atoms with Crippen LogP contribution in [-0.4, -0.2) is 23.2 Å². The van der Waals surface area contributed by atoms with Crippen LogP contribution in [0.2, 0.25) is 0 Å². The summed E-state index contributed by atoms with van der Waals surface area (Å²) >= 11 is 0. The smallest absolute Gasteiger partial charge is 0.246 e. The highest BCUT2D eigenvalue weighted by Crippen LogP contribution is 2.50. The van der Waals surface area contributed by atoms with Crippen molar-refractivity contribution in [3.8, 4) is 11.5 Å². The van der Waals surface area contributed by atoms with Crippen molar-refractivity contribution in [1.82, 2.24) is 0 Å². The van der Waals surface area contributed by atoms with Gasteiger partial charge in [-0.3, -0.25) is 4.79 Å². The maximum atomic E-state index is 13.5. The number of para-hydroxylation sites is 1. The molecule has 0 bridgehead atoms. The van der Waals surface area contributed by atoms with Gasteiger partial charge in [-0.1, -0.05) is 42.5 Å². The maximum Gasteiger partial charge on any atom is 0.246 e. The molecule has 3 aromatic carbocycles. The number of hydrogen-bond donors (Lipinski definition) is 2. The minimum Gasteiger partial charge on any atom is -0.508 e. The molecule has 1 amide bonds. The summed E-state index contributed by atoms with van der Waals surface area (Å²) in [5.41, 5.74) is 2.29. The van der Waals surface area contributed by atoms with E-state index in [1.807, 2.05) is 24.3 Å². The SMILES string of the molecule is CN1C(=O)C(c2ccc(O)cc2)(c2ccc(O)cc2)c2ccccc21. The van der Waals surface area contributed by atoms with E-state index in [1.165, 1.54) is 0 Å². The van der Waals surface area contributed by atoms with E-state index >= 15 is 0 Å². The van der Waals surface area contributed by atoms with Crippen LogP contribution in [0.15, 0.2) is 72.8 Å². The molecule has 4 rings (SSSR count). The van der Waals surface area contributed by atoms with E-state index in [2.05, 4.69) is 0 Å². The van der Waals surface area contributed by atoms with Gasteiger partial charge in [-0.05, 0) is 41.5 Å². The molecule has 1 aliphatic rings. The highest BCUT2D eigenvalue weighted by atomic mass is 16.3. The van der Waals surface area contributed by atoms with E-state index in [4.69, 9.17) is 0 Å². The zero-order valence-electron chi connectivity index (χ0n) is 13.7. The van der Waals surface area contributed by atoms with Gasteiger partial charge in [0.2, 0.25) is 5.91 Å². The van der Waals surface area contributed by atoms with Gasteiger partial charge in [0.25, 0.3) is 0 Å². The van der Waals surface area contributed by atoms with Crippen LogP contribution in [0.4, 0.5) is 5.69 Å². The van der Waals surface area contributed by atoms with Crippen LogP contribution < -0.4 is 4.90 Å². The predicted molar refractivity (Wildman–Crippen MR) is 95.9 cm³/mol. The quantitative estimate of drug-likeness (QED) is 0.756. The Bertz CT molecular complexity index is 900. The van der Waals surface area contributed by atoms with Gasteiger partial charge in [-0.15, -0.1) is 0 Å². The molecule has 0 fully saturated rings. The minimum atomic E-state index is -1.01. The van der Waals surface area contributed by atoms with Crippen LogP contribution in [0, 0.1) is 0 Å². The lowest BCUT2D eigenvalue weighted by atomic mass is 9.70. The number of phenolic OH excluding ortho intramolecular Hbond substituents is 2. The van der Waals surface area contributed by atoms with Gasteiger partial charge in [0.05, 0.1) is 0 Å². The lowest BCUT2D eigenvalue weighted by molar-refractivity contribution is -0.120. The van der Waals surface area contributed by atoms with E-state index in [1.54, 1.807) is 60.5 Å². The van der Waals surface area contributed by atoms with Crippen molar-refractivity contribution >= 4 is 11.6 Å². The number of nitrogens with zero attached hydrogens (tertiary/aromatic N) is 1. The van der Waals surface area contributed by atoms with E-state index in [0.29, 0.717) is 0 Å².